The Hall–Kier alpha value is -2.50. The number of amides is 1. The number of nitrogens with zero attached hydrogens (tertiary/aromatic N) is 2. The Labute approximate surface area is 123 Å². The number of ether oxygens (including phenoxy) is 1. The molecule has 0 aliphatic heterocycles. The fraction of sp³-hybridized carbons (Fsp3) is 0.333. The zero-order chi connectivity index (χ0) is 15.1. The van der Waals surface area contributed by atoms with E-state index < -0.39 is 0 Å². The van der Waals surface area contributed by atoms with Gasteiger partial charge in [-0.05, 0) is 25.5 Å². The van der Waals surface area contributed by atoms with Crippen LogP contribution in [0.3, 0.4) is 0 Å². The maximum absolute atomic E-state index is 12.1. The minimum absolute atomic E-state index is 0.145. The number of hydrogen-bond acceptors (Lipinski definition) is 4. The number of carbonyl (C=O) groups is 1. The smallest absolute Gasteiger partial charge is 0.251 e. The van der Waals surface area contributed by atoms with Crippen molar-refractivity contribution in [3.05, 3.63) is 42.5 Å². The molecule has 0 saturated carbocycles. The van der Waals surface area contributed by atoms with Gasteiger partial charge in [0.25, 0.3) is 5.91 Å². The predicted molar refractivity (Wildman–Crippen MR) is 81.2 cm³/mol. The summed E-state index contributed by atoms with van der Waals surface area (Å²) in [5, 5.41) is 2.87. The molecule has 1 amide bonds. The van der Waals surface area contributed by atoms with E-state index in [0.29, 0.717) is 30.2 Å². The summed E-state index contributed by atoms with van der Waals surface area (Å²) in [6.45, 7) is 3.84. The molecule has 1 aromatic carbocycles. The average molecular weight is 288 g/mol. The molecular formula is C15H20N4O2. The molecule has 2 aromatic rings. The van der Waals surface area contributed by atoms with Crippen LogP contribution >= 0.6 is 0 Å². The Morgan fingerprint density at radius 1 is 1.43 bits per heavy atom. The molecule has 1 aromatic heterocycles. The van der Waals surface area contributed by atoms with E-state index >= 15 is 0 Å². The van der Waals surface area contributed by atoms with Crippen LogP contribution in [0.5, 0.6) is 5.75 Å². The van der Waals surface area contributed by atoms with Gasteiger partial charge in [0.15, 0.2) is 0 Å². The fourth-order valence-corrected chi connectivity index (χ4v) is 1.99. The van der Waals surface area contributed by atoms with Gasteiger partial charge in [-0.25, -0.2) is 4.98 Å². The molecule has 0 spiro atoms. The molecule has 6 heteroatoms. The zero-order valence-electron chi connectivity index (χ0n) is 12.1. The molecule has 0 atom stereocenters. The Bertz CT molecular complexity index is 581. The maximum atomic E-state index is 12.1. The lowest BCUT2D eigenvalue weighted by atomic mass is 10.1. The second-order valence-corrected chi connectivity index (χ2v) is 4.63. The maximum Gasteiger partial charge on any atom is 0.251 e. The van der Waals surface area contributed by atoms with Gasteiger partial charge in [-0.15, -0.1) is 0 Å². The molecule has 112 valence electrons. The topological polar surface area (TPSA) is 82.2 Å². The molecule has 0 unspecified atom stereocenters. The molecule has 6 nitrogen and oxygen atoms in total. The van der Waals surface area contributed by atoms with E-state index in [1.165, 1.54) is 0 Å². The highest BCUT2D eigenvalue weighted by atomic mass is 16.5. The van der Waals surface area contributed by atoms with Gasteiger partial charge in [0, 0.05) is 42.8 Å². The van der Waals surface area contributed by atoms with Gasteiger partial charge in [-0.2, -0.15) is 0 Å². The van der Waals surface area contributed by atoms with E-state index in [2.05, 4.69) is 10.3 Å². The highest BCUT2D eigenvalue weighted by Gasteiger charge is 2.08. The van der Waals surface area contributed by atoms with Crippen LogP contribution in [0.4, 0.5) is 5.69 Å². The fourth-order valence-electron chi connectivity index (χ4n) is 1.99. The van der Waals surface area contributed by atoms with Gasteiger partial charge in [0.2, 0.25) is 0 Å². The first kappa shape index (κ1) is 14.9. The summed E-state index contributed by atoms with van der Waals surface area (Å²) in [5.41, 5.74) is 6.81. The van der Waals surface area contributed by atoms with Crippen LogP contribution in [-0.2, 0) is 6.54 Å². The van der Waals surface area contributed by atoms with E-state index in [1.54, 1.807) is 30.7 Å². The lowest BCUT2D eigenvalue weighted by Gasteiger charge is -2.09. The molecule has 0 aliphatic carbocycles. The number of carbonyl (C=O) groups excluding carboxylic acids is 1. The SMILES string of the molecule is CCOc1cc(N)cc(C(=O)NCCCn2ccnc2)c1. The lowest BCUT2D eigenvalue weighted by molar-refractivity contribution is 0.0952. The molecule has 1 heterocycles. The van der Waals surface area contributed by atoms with Gasteiger partial charge in [-0.1, -0.05) is 0 Å². The van der Waals surface area contributed by atoms with Gasteiger partial charge >= 0.3 is 0 Å². The van der Waals surface area contributed by atoms with E-state index in [1.807, 2.05) is 17.7 Å². The second-order valence-electron chi connectivity index (χ2n) is 4.63. The summed E-state index contributed by atoms with van der Waals surface area (Å²) in [4.78, 5) is 16.0. The molecular weight excluding hydrogens is 268 g/mol. The summed E-state index contributed by atoms with van der Waals surface area (Å²) >= 11 is 0. The van der Waals surface area contributed by atoms with Gasteiger partial charge in [0.05, 0.1) is 12.9 Å². The van der Waals surface area contributed by atoms with Crippen molar-refractivity contribution in [1.82, 2.24) is 14.9 Å². The number of rotatable bonds is 7. The first-order valence-electron chi connectivity index (χ1n) is 6.96. The summed E-state index contributed by atoms with van der Waals surface area (Å²) in [5.74, 6) is 0.468. The van der Waals surface area contributed by atoms with E-state index in [-0.39, 0.29) is 5.91 Å². The third kappa shape index (κ3) is 4.52. The molecule has 3 N–H and O–H groups in total. The first-order chi connectivity index (χ1) is 10.2. The molecule has 0 saturated heterocycles. The average Bonchev–Trinajstić information content (AvgIpc) is 2.96. The lowest BCUT2D eigenvalue weighted by Crippen LogP contribution is -2.25. The Balaban J connectivity index is 1.85. The number of nitrogens with two attached hydrogens (primary N) is 1. The van der Waals surface area contributed by atoms with Crippen LogP contribution in [-0.4, -0.2) is 28.6 Å². The van der Waals surface area contributed by atoms with Crippen molar-refractivity contribution in [1.29, 1.82) is 0 Å². The standard InChI is InChI=1S/C15H20N4O2/c1-2-21-14-9-12(8-13(16)10-14)15(20)18-4-3-6-19-7-5-17-11-19/h5,7-11H,2-4,6,16H2,1H3,(H,18,20). The third-order valence-electron chi connectivity index (χ3n) is 2.94. The van der Waals surface area contributed by atoms with Gasteiger partial charge in [-0.3, -0.25) is 4.79 Å². The highest BCUT2D eigenvalue weighted by Crippen LogP contribution is 2.18. The van der Waals surface area contributed by atoms with Crippen molar-refractivity contribution in [3.63, 3.8) is 0 Å². The first-order valence-corrected chi connectivity index (χ1v) is 6.96. The normalized spacial score (nSPS) is 10.3. The summed E-state index contributed by atoms with van der Waals surface area (Å²) < 4.78 is 7.35. The molecule has 2 rings (SSSR count). The number of nitrogen functional groups attached to an aromatic ring is 1. The molecule has 0 fully saturated rings. The van der Waals surface area contributed by atoms with Gasteiger partial charge < -0.3 is 20.4 Å². The van der Waals surface area contributed by atoms with Crippen molar-refractivity contribution in [2.75, 3.05) is 18.9 Å². The minimum Gasteiger partial charge on any atom is -0.494 e. The van der Waals surface area contributed by atoms with Crippen LogP contribution in [0.15, 0.2) is 36.9 Å². The van der Waals surface area contributed by atoms with Crippen molar-refractivity contribution in [2.24, 2.45) is 0 Å². The van der Waals surface area contributed by atoms with E-state index in [0.717, 1.165) is 13.0 Å². The van der Waals surface area contributed by atoms with Crippen LogP contribution < -0.4 is 15.8 Å². The van der Waals surface area contributed by atoms with Gasteiger partial charge in [0.1, 0.15) is 5.75 Å². The highest BCUT2D eigenvalue weighted by molar-refractivity contribution is 5.95. The zero-order valence-corrected chi connectivity index (χ0v) is 12.1. The monoisotopic (exact) mass is 288 g/mol. The number of benzene rings is 1. The Morgan fingerprint density at radius 3 is 3.00 bits per heavy atom. The number of aryl methyl sites for hydroxylation is 1. The minimum atomic E-state index is -0.145. The second kappa shape index (κ2) is 7.33. The van der Waals surface area contributed by atoms with Crippen LogP contribution in [0.2, 0.25) is 0 Å². The van der Waals surface area contributed by atoms with E-state index in [4.69, 9.17) is 10.5 Å². The van der Waals surface area contributed by atoms with Crippen LogP contribution in [0.1, 0.15) is 23.7 Å². The third-order valence-corrected chi connectivity index (χ3v) is 2.94. The summed E-state index contributed by atoms with van der Waals surface area (Å²) in [6.07, 6.45) is 6.23. The van der Waals surface area contributed by atoms with Crippen molar-refractivity contribution in [3.8, 4) is 5.75 Å². The largest absolute Gasteiger partial charge is 0.494 e. The molecule has 0 bridgehead atoms. The number of nitrogens with one attached hydrogen (secondary N) is 1. The van der Waals surface area contributed by atoms with E-state index in [9.17, 15) is 4.79 Å². The summed E-state index contributed by atoms with van der Waals surface area (Å²) in [6, 6.07) is 5.05. The Kier molecular flexibility index (Phi) is 5.20. The predicted octanol–water partition coefficient (Wildman–Crippen LogP) is 1.68. The molecule has 21 heavy (non-hydrogen) atoms. The number of hydrogen-bond donors (Lipinski definition) is 2. The number of aromatic nitrogens is 2. The number of anilines is 1. The van der Waals surface area contributed by atoms with Crippen molar-refractivity contribution < 1.29 is 9.53 Å². The van der Waals surface area contributed by atoms with Crippen LogP contribution in [0.25, 0.3) is 0 Å². The van der Waals surface area contributed by atoms with Crippen LogP contribution in [0, 0.1) is 0 Å². The quantitative estimate of drug-likeness (QED) is 0.600. The van der Waals surface area contributed by atoms with Crippen molar-refractivity contribution in [2.45, 2.75) is 19.9 Å². The number of imidazole rings is 1. The molecule has 0 aliphatic rings. The van der Waals surface area contributed by atoms with Crippen molar-refractivity contribution >= 4 is 11.6 Å². The Morgan fingerprint density at radius 2 is 2.29 bits per heavy atom. The summed E-state index contributed by atoms with van der Waals surface area (Å²) in [7, 11) is 0. The molecule has 0 radical (unpaired) electrons.